The minimum atomic E-state index is 1.10. The number of hydrogen-bond donors (Lipinski definition) is 1. The number of H-pyrrole nitrogens is 1. The SMILES string of the molecule is Brc1ccc2c(c1)[nH]c1cccc(Br)c12. The summed E-state index contributed by atoms with van der Waals surface area (Å²) in [5, 5.41) is 2.50. The van der Waals surface area contributed by atoms with Gasteiger partial charge in [0, 0.05) is 30.8 Å². The van der Waals surface area contributed by atoms with Crippen molar-refractivity contribution >= 4 is 53.7 Å². The van der Waals surface area contributed by atoms with Crippen LogP contribution < -0.4 is 0 Å². The summed E-state index contributed by atoms with van der Waals surface area (Å²) in [6.45, 7) is 0. The van der Waals surface area contributed by atoms with Crippen LogP contribution >= 0.6 is 31.9 Å². The van der Waals surface area contributed by atoms with Crippen LogP contribution in [0.25, 0.3) is 21.8 Å². The Balaban J connectivity index is 2.59. The van der Waals surface area contributed by atoms with E-state index in [9.17, 15) is 0 Å². The topological polar surface area (TPSA) is 15.8 Å². The Morgan fingerprint density at radius 2 is 1.80 bits per heavy atom. The molecule has 0 unspecified atom stereocenters. The van der Waals surface area contributed by atoms with Gasteiger partial charge >= 0.3 is 0 Å². The summed E-state index contributed by atoms with van der Waals surface area (Å²) in [7, 11) is 0. The number of fused-ring (bicyclic) bond motifs is 3. The van der Waals surface area contributed by atoms with Gasteiger partial charge in [-0.25, -0.2) is 0 Å². The number of aromatic amines is 1. The van der Waals surface area contributed by atoms with Gasteiger partial charge in [0.15, 0.2) is 0 Å². The number of aromatic nitrogens is 1. The smallest absolute Gasteiger partial charge is 0.0476 e. The fourth-order valence-corrected chi connectivity index (χ4v) is 2.83. The zero-order chi connectivity index (χ0) is 10.4. The van der Waals surface area contributed by atoms with Gasteiger partial charge in [0.2, 0.25) is 0 Å². The molecule has 3 heteroatoms. The monoisotopic (exact) mass is 323 g/mol. The lowest BCUT2D eigenvalue weighted by Gasteiger charge is -1.94. The van der Waals surface area contributed by atoms with Crippen molar-refractivity contribution in [2.24, 2.45) is 0 Å². The van der Waals surface area contributed by atoms with Gasteiger partial charge in [-0.3, -0.25) is 0 Å². The van der Waals surface area contributed by atoms with Gasteiger partial charge in [0.05, 0.1) is 0 Å². The highest BCUT2D eigenvalue weighted by molar-refractivity contribution is 9.11. The van der Waals surface area contributed by atoms with Gasteiger partial charge in [0.25, 0.3) is 0 Å². The second-order valence-corrected chi connectivity index (χ2v) is 5.25. The Morgan fingerprint density at radius 3 is 2.67 bits per heavy atom. The third-order valence-corrected chi connectivity index (χ3v) is 3.69. The van der Waals surface area contributed by atoms with Crippen LogP contribution in [-0.2, 0) is 0 Å². The first-order valence-corrected chi connectivity index (χ1v) is 6.20. The summed E-state index contributed by atoms with van der Waals surface area (Å²) in [5.41, 5.74) is 2.32. The van der Waals surface area contributed by atoms with Gasteiger partial charge in [-0.15, -0.1) is 0 Å². The number of hydrogen-bond acceptors (Lipinski definition) is 0. The Bertz CT molecular complexity index is 655. The van der Waals surface area contributed by atoms with Crippen LogP contribution in [0.1, 0.15) is 0 Å². The van der Waals surface area contributed by atoms with Crippen LogP contribution in [-0.4, -0.2) is 4.98 Å². The third kappa shape index (κ3) is 1.42. The summed E-state index contributed by atoms with van der Waals surface area (Å²) in [5.74, 6) is 0. The van der Waals surface area contributed by atoms with Crippen LogP contribution in [0.2, 0.25) is 0 Å². The summed E-state index contributed by atoms with van der Waals surface area (Å²) in [6, 6.07) is 12.5. The maximum atomic E-state index is 3.58. The van der Waals surface area contributed by atoms with Crippen molar-refractivity contribution in [1.29, 1.82) is 0 Å². The molecular weight excluding hydrogens is 318 g/mol. The summed E-state index contributed by atoms with van der Waals surface area (Å²) >= 11 is 7.06. The molecule has 0 atom stereocenters. The van der Waals surface area contributed by atoms with E-state index in [2.05, 4.69) is 67.2 Å². The zero-order valence-corrected chi connectivity index (χ0v) is 10.9. The Hall–Kier alpha value is -0.800. The number of halogens is 2. The molecule has 0 saturated carbocycles. The molecule has 0 aliphatic carbocycles. The van der Waals surface area contributed by atoms with Crippen LogP contribution in [0, 0.1) is 0 Å². The third-order valence-electron chi connectivity index (χ3n) is 2.53. The normalized spacial score (nSPS) is 11.3. The number of benzene rings is 2. The van der Waals surface area contributed by atoms with Crippen molar-refractivity contribution in [2.45, 2.75) is 0 Å². The highest BCUT2D eigenvalue weighted by Gasteiger charge is 2.06. The molecule has 15 heavy (non-hydrogen) atoms. The maximum absolute atomic E-state index is 3.58. The maximum Gasteiger partial charge on any atom is 0.0476 e. The van der Waals surface area contributed by atoms with Gasteiger partial charge in [0.1, 0.15) is 0 Å². The highest BCUT2D eigenvalue weighted by Crippen LogP contribution is 2.32. The quantitative estimate of drug-likeness (QED) is 0.608. The molecule has 74 valence electrons. The van der Waals surface area contributed by atoms with E-state index < -0.39 is 0 Å². The van der Waals surface area contributed by atoms with Crippen molar-refractivity contribution < 1.29 is 0 Å². The van der Waals surface area contributed by atoms with Gasteiger partial charge in [-0.2, -0.15) is 0 Å². The van der Waals surface area contributed by atoms with Crippen molar-refractivity contribution in [3.8, 4) is 0 Å². The zero-order valence-electron chi connectivity index (χ0n) is 7.72. The van der Waals surface area contributed by atoms with Crippen LogP contribution in [0.3, 0.4) is 0 Å². The van der Waals surface area contributed by atoms with E-state index >= 15 is 0 Å². The average molecular weight is 325 g/mol. The predicted octanol–water partition coefficient (Wildman–Crippen LogP) is 4.85. The lowest BCUT2D eigenvalue weighted by atomic mass is 10.2. The Morgan fingerprint density at radius 1 is 0.933 bits per heavy atom. The summed E-state index contributed by atoms with van der Waals surface area (Å²) < 4.78 is 2.23. The van der Waals surface area contributed by atoms with Crippen molar-refractivity contribution in [2.75, 3.05) is 0 Å². The van der Waals surface area contributed by atoms with E-state index in [1.54, 1.807) is 0 Å². The average Bonchev–Trinajstić information content (AvgIpc) is 2.56. The van der Waals surface area contributed by atoms with E-state index in [1.807, 2.05) is 6.07 Å². The number of rotatable bonds is 0. The Kier molecular flexibility index (Phi) is 2.11. The molecule has 1 N–H and O–H groups in total. The van der Waals surface area contributed by atoms with E-state index in [0.29, 0.717) is 0 Å². The molecule has 1 heterocycles. The van der Waals surface area contributed by atoms with E-state index in [4.69, 9.17) is 0 Å². The first-order chi connectivity index (χ1) is 7.25. The van der Waals surface area contributed by atoms with Crippen molar-refractivity contribution in [1.82, 2.24) is 4.98 Å². The standard InChI is InChI=1S/C12H7Br2N/c13-7-4-5-8-11(6-7)15-10-3-1-2-9(14)12(8)10/h1-6,15H. The van der Waals surface area contributed by atoms with E-state index in [0.717, 1.165) is 20.0 Å². The number of nitrogens with one attached hydrogen (secondary N) is 1. The summed E-state index contributed by atoms with van der Waals surface area (Å²) in [6.07, 6.45) is 0. The second-order valence-electron chi connectivity index (χ2n) is 3.48. The summed E-state index contributed by atoms with van der Waals surface area (Å²) in [4.78, 5) is 3.40. The molecule has 0 amide bonds. The molecule has 0 radical (unpaired) electrons. The van der Waals surface area contributed by atoms with Crippen molar-refractivity contribution in [3.05, 3.63) is 45.3 Å². The van der Waals surface area contributed by atoms with Crippen LogP contribution in [0.5, 0.6) is 0 Å². The van der Waals surface area contributed by atoms with Gasteiger partial charge < -0.3 is 4.98 Å². The molecule has 2 aromatic carbocycles. The van der Waals surface area contributed by atoms with E-state index in [-0.39, 0.29) is 0 Å². The van der Waals surface area contributed by atoms with Crippen LogP contribution in [0.4, 0.5) is 0 Å². The lowest BCUT2D eigenvalue weighted by molar-refractivity contribution is 1.53. The predicted molar refractivity (Wildman–Crippen MR) is 71.2 cm³/mol. The molecule has 0 bridgehead atoms. The minimum Gasteiger partial charge on any atom is -0.354 e. The molecule has 0 aliphatic heterocycles. The van der Waals surface area contributed by atoms with E-state index in [1.165, 1.54) is 10.8 Å². The molecule has 0 saturated heterocycles. The second kappa shape index (κ2) is 3.35. The molecule has 3 rings (SSSR count). The lowest BCUT2D eigenvalue weighted by Crippen LogP contribution is -1.68. The minimum absolute atomic E-state index is 1.10. The first kappa shape index (κ1) is 9.43. The molecule has 1 nitrogen and oxygen atoms in total. The van der Waals surface area contributed by atoms with Gasteiger partial charge in [-0.1, -0.05) is 44.0 Å². The van der Waals surface area contributed by atoms with Crippen molar-refractivity contribution in [3.63, 3.8) is 0 Å². The molecule has 1 aromatic heterocycles. The fourth-order valence-electron chi connectivity index (χ4n) is 1.89. The Labute approximate surface area is 104 Å². The molecule has 3 aromatic rings. The highest BCUT2D eigenvalue weighted by atomic mass is 79.9. The molecule has 0 fully saturated rings. The first-order valence-electron chi connectivity index (χ1n) is 4.61. The molecule has 0 aliphatic rings. The van der Waals surface area contributed by atoms with Crippen LogP contribution in [0.15, 0.2) is 45.3 Å². The molecule has 0 spiro atoms. The molecular formula is C12H7Br2N. The fraction of sp³-hybridized carbons (Fsp3) is 0. The largest absolute Gasteiger partial charge is 0.354 e. The van der Waals surface area contributed by atoms with Gasteiger partial charge in [-0.05, 0) is 24.3 Å².